The van der Waals surface area contributed by atoms with Crippen molar-refractivity contribution in [2.45, 2.75) is 37.9 Å². The van der Waals surface area contributed by atoms with E-state index in [2.05, 4.69) is 22.2 Å². The molecule has 0 radical (unpaired) electrons. The number of carbonyl (C=O) groups is 2. The van der Waals surface area contributed by atoms with Crippen LogP contribution in [0.1, 0.15) is 26.2 Å². The largest absolute Gasteiger partial charge is 0.356 e. The van der Waals surface area contributed by atoms with Crippen molar-refractivity contribution in [1.82, 2.24) is 25.1 Å². The number of nitrogens with one attached hydrogen (secondary N) is 1. The van der Waals surface area contributed by atoms with Crippen molar-refractivity contribution in [2.24, 2.45) is 5.92 Å². The molecule has 184 valence electrons. The average molecular weight is 514 g/mol. The Kier molecular flexibility index (Phi) is 7.10. The van der Waals surface area contributed by atoms with Gasteiger partial charge >= 0.3 is 0 Å². The zero-order valence-electron chi connectivity index (χ0n) is 19.6. The highest BCUT2D eigenvalue weighted by Gasteiger charge is 2.35. The first-order valence-electron chi connectivity index (χ1n) is 12.0. The molecule has 2 fully saturated rings. The fraction of sp³-hybridized carbons (Fsp3) is 0.458. The lowest BCUT2D eigenvalue weighted by atomic mass is 10.1. The molecule has 2 aromatic heterocycles. The molecule has 4 heterocycles. The number of amides is 2. The maximum Gasteiger partial charge on any atom is 0.227 e. The zero-order valence-corrected chi connectivity index (χ0v) is 21.2. The van der Waals surface area contributed by atoms with Crippen LogP contribution >= 0.6 is 23.4 Å². The highest BCUT2D eigenvalue weighted by Crippen LogP contribution is 2.29. The van der Waals surface area contributed by atoms with E-state index in [1.165, 1.54) is 12.8 Å². The average Bonchev–Trinajstić information content (AvgIpc) is 3.60. The number of anilines is 2. The highest BCUT2D eigenvalue weighted by molar-refractivity contribution is 7.99. The Hall–Kier alpha value is -2.85. The second kappa shape index (κ2) is 10.4. The molecule has 3 aromatic rings. The third-order valence-corrected chi connectivity index (χ3v) is 7.37. The van der Waals surface area contributed by atoms with Crippen molar-refractivity contribution in [2.75, 3.05) is 41.7 Å². The van der Waals surface area contributed by atoms with Gasteiger partial charge in [-0.3, -0.25) is 9.59 Å². The van der Waals surface area contributed by atoms with E-state index in [0.29, 0.717) is 24.7 Å². The van der Waals surface area contributed by atoms with E-state index in [0.717, 1.165) is 46.5 Å². The van der Waals surface area contributed by atoms with Gasteiger partial charge in [0.1, 0.15) is 5.82 Å². The number of hydrogen-bond acceptors (Lipinski definition) is 7. The monoisotopic (exact) mass is 513 g/mol. The third kappa shape index (κ3) is 5.08. The molecule has 1 N–H and O–H groups in total. The maximum absolute atomic E-state index is 12.8. The van der Waals surface area contributed by atoms with Crippen LogP contribution in [-0.2, 0) is 16.1 Å². The van der Waals surface area contributed by atoms with Crippen LogP contribution in [0.4, 0.5) is 11.5 Å². The summed E-state index contributed by atoms with van der Waals surface area (Å²) >= 11 is 7.57. The van der Waals surface area contributed by atoms with Crippen LogP contribution in [0.2, 0.25) is 5.02 Å². The summed E-state index contributed by atoms with van der Waals surface area (Å²) in [6.45, 7) is 5.33. The van der Waals surface area contributed by atoms with E-state index in [-0.39, 0.29) is 24.2 Å². The molecule has 0 spiro atoms. The van der Waals surface area contributed by atoms with Gasteiger partial charge in [0.05, 0.1) is 24.0 Å². The second-order valence-corrected chi connectivity index (χ2v) is 10.4. The molecule has 0 aliphatic carbocycles. The molecular weight excluding hydrogens is 486 g/mol. The first-order valence-corrected chi connectivity index (χ1v) is 13.3. The molecule has 2 amide bonds. The summed E-state index contributed by atoms with van der Waals surface area (Å²) in [5, 5.41) is 9.83. The summed E-state index contributed by atoms with van der Waals surface area (Å²) in [6, 6.07) is 7.09. The van der Waals surface area contributed by atoms with Crippen LogP contribution in [0, 0.1) is 5.92 Å². The lowest BCUT2D eigenvalue weighted by Gasteiger charge is -2.18. The van der Waals surface area contributed by atoms with E-state index >= 15 is 0 Å². The first-order chi connectivity index (χ1) is 17.0. The molecule has 2 saturated heterocycles. The quantitative estimate of drug-likeness (QED) is 0.364. The summed E-state index contributed by atoms with van der Waals surface area (Å²) in [7, 11) is 0. The van der Waals surface area contributed by atoms with Crippen LogP contribution in [0.5, 0.6) is 0 Å². The van der Waals surface area contributed by atoms with E-state index in [1.807, 2.05) is 10.9 Å². The van der Waals surface area contributed by atoms with Gasteiger partial charge in [0, 0.05) is 43.3 Å². The summed E-state index contributed by atoms with van der Waals surface area (Å²) in [5.74, 6) is 1.27. The van der Waals surface area contributed by atoms with Gasteiger partial charge in [-0.25, -0.2) is 14.6 Å². The lowest BCUT2D eigenvalue weighted by Crippen LogP contribution is -2.35. The number of nitrogens with zero attached hydrogens (tertiary/aromatic N) is 6. The molecule has 5 rings (SSSR count). The van der Waals surface area contributed by atoms with Crippen LogP contribution in [0.15, 0.2) is 35.6 Å². The van der Waals surface area contributed by atoms with Gasteiger partial charge in [-0.05, 0) is 42.9 Å². The van der Waals surface area contributed by atoms with Crippen molar-refractivity contribution < 1.29 is 9.59 Å². The van der Waals surface area contributed by atoms with Gasteiger partial charge in [-0.1, -0.05) is 30.3 Å². The number of aromatic nitrogens is 4. The number of benzene rings is 1. The van der Waals surface area contributed by atoms with E-state index < -0.39 is 0 Å². The summed E-state index contributed by atoms with van der Waals surface area (Å²) in [6.07, 6.45) is 4.36. The van der Waals surface area contributed by atoms with Crippen LogP contribution in [0.25, 0.3) is 11.0 Å². The summed E-state index contributed by atoms with van der Waals surface area (Å²) < 4.78 is 1.83. The highest BCUT2D eigenvalue weighted by atomic mass is 35.5. The number of carbonyl (C=O) groups excluding carboxylic acids is 2. The Morgan fingerprint density at radius 1 is 1.20 bits per heavy atom. The van der Waals surface area contributed by atoms with E-state index in [1.54, 1.807) is 40.9 Å². The predicted molar refractivity (Wildman–Crippen MR) is 138 cm³/mol. The van der Waals surface area contributed by atoms with Crippen LogP contribution in [0.3, 0.4) is 0 Å². The van der Waals surface area contributed by atoms with Crippen LogP contribution < -0.4 is 15.1 Å². The maximum atomic E-state index is 12.8. The minimum atomic E-state index is -0.385. The van der Waals surface area contributed by atoms with Gasteiger partial charge in [0.15, 0.2) is 10.8 Å². The predicted octanol–water partition coefficient (Wildman–Crippen LogP) is 3.36. The standard InChI is InChI=1S/C24H28ClN7O2S/c1-2-35-24-28-21(30-10-3-4-11-30)19-14-27-32(22(19)29-24)12-9-26-23(34)16-13-20(33)31(15-16)18-7-5-17(25)6-8-18/h5-8,14,16H,2-4,9-13,15H2,1H3,(H,26,34). The fourth-order valence-electron chi connectivity index (χ4n) is 4.63. The summed E-state index contributed by atoms with van der Waals surface area (Å²) in [4.78, 5) is 38.8. The first kappa shape index (κ1) is 23.9. The molecule has 1 aromatic carbocycles. The Labute approximate surface area is 213 Å². The van der Waals surface area contributed by atoms with Gasteiger partial charge in [0.2, 0.25) is 11.8 Å². The van der Waals surface area contributed by atoms with Gasteiger partial charge in [-0.2, -0.15) is 5.10 Å². The number of halogens is 1. The van der Waals surface area contributed by atoms with Crippen molar-refractivity contribution in [3.8, 4) is 0 Å². The van der Waals surface area contributed by atoms with Crippen molar-refractivity contribution in [1.29, 1.82) is 0 Å². The fourth-order valence-corrected chi connectivity index (χ4v) is 5.32. The van der Waals surface area contributed by atoms with Crippen LogP contribution in [-0.4, -0.2) is 63.5 Å². The lowest BCUT2D eigenvalue weighted by molar-refractivity contribution is -0.126. The number of fused-ring (bicyclic) bond motifs is 1. The third-order valence-electron chi connectivity index (χ3n) is 6.39. The van der Waals surface area contributed by atoms with Gasteiger partial charge < -0.3 is 15.1 Å². The topological polar surface area (TPSA) is 96.2 Å². The number of hydrogen-bond donors (Lipinski definition) is 1. The SMILES string of the molecule is CCSc1nc(N2CCCC2)c2cnn(CCNC(=O)C3CC(=O)N(c4ccc(Cl)cc4)C3)c2n1. The zero-order chi connectivity index (χ0) is 24.4. The minimum absolute atomic E-state index is 0.0577. The molecule has 0 saturated carbocycles. The normalized spacial score (nSPS) is 18.1. The number of thioether (sulfide) groups is 1. The van der Waals surface area contributed by atoms with E-state index in [4.69, 9.17) is 21.6 Å². The Balaban J connectivity index is 1.24. The molecule has 0 bridgehead atoms. The Morgan fingerprint density at radius 3 is 2.71 bits per heavy atom. The molecule has 1 atom stereocenters. The smallest absolute Gasteiger partial charge is 0.227 e. The molecule has 11 heteroatoms. The van der Waals surface area contributed by atoms with Gasteiger partial charge in [-0.15, -0.1) is 0 Å². The van der Waals surface area contributed by atoms with Crippen molar-refractivity contribution >= 4 is 57.7 Å². The molecule has 9 nitrogen and oxygen atoms in total. The van der Waals surface area contributed by atoms with E-state index in [9.17, 15) is 9.59 Å². The minimum Gasteiger partial charge on any atom is -0.356 e. The molecule has 1 unspecified atom stereocenters. The molecule has 35 heavy (non-hydrogen) atoms. The molecule has 2 aliphatic heterocycles. The van der Waals surface area contributed by atoms with Gasteiger partial charge in [0.25, 0.3) is 0 Å². The van der Waals surface area contributed by atoms with Crippen molar-refractivity contribution in [3.63, 3.8) is 0 Å². The van der Waals surface area contributed by atoms with Crippen molar-refractivity contribution in [3.05, 3.63) is 35.5 Å². The second-order valence-electron chi connectivity index (χ2n) is 8.73. The molecular formula is C24H28ClN7O2S. The number of rotatable bonds is 8. The molecule has 2 aliphatic rings. The summed E-state index contributed by atoms with van der Waals surface area (Å²) in [5.41, 5.74) is 1.55. The Bertz CT molecular complexity index is 1230. The Morgan fingerprint density at radius 2 is 1.97 bits per heavy atom.